The Labute approximate surface area is 172 Å². The summed E-state index contributed by atoms with van der Waals surface area (Å²) in [5, 5.41) is 15.2. The van der Waals surface area contributed by atoms with E-state index in [-0.39, 0.29) is 24.0 Å². The van der Waals surface area contributed by atoms with Gasteiger partial charge in [-0.25, -0.2) is 0 Å². The summed E-state index contributed by atoms with van der Waals surface area (Å²) in [6.07, 6.45) is 5.75. The molecule has 144 valence electrons. The first-order chi connectivity index (χ1) is 12.3. The zero-order valence-corrected chi connectivity index (χ0v) is 18.0. The van der Waals surface area contributed by atoms with Gasteiger partial charge in [0, 0.05) is 19.8 Å². The fraction of sp³-hybridized carbons (Fsp3) is 0.611. The van der Waals surface area contributed by atoms with Gasteiger partial charge in [0.15, 0.2) is 17.4 Å². The summed E-state index contributed by atoms with van der Waals surface area (Å²) in [7, 11) is 1.81. The van der Waals surface area contributed by atoms with Crippen LogP contribution in [0.4, 0.5) is 0 Å². The summed E-state index contributed by atoms with van der Waals surface area (Å²) >= 11 is 0. The molecule has 0 bridgehead atoms. The van der Waals surface area contributed by atoms with Gasteiger partial charge in [-0.1, -0.05) is 13.0 Å². The van der Waals surface area contributed by atoms with E-state index in [9.17, 15) is 0 Å². The summed E-state index contributed by atoms with van der Waals surface area (Å²) in [5.74, 6) is 2.43. The minimum absolute atomic E-state index is 0. The van der Waals surface area contributed by atoms with E-state index >= 15 is 0 Å². The van der Waals surface area contributed by atoms with Crippen molar-refractivity contribution >= 4 is 35.6 Å². The molecule has 26 heavy (non-hydrogen) atoms. The van der Waals surface area contributed by atoms with Crippen molar-refractivity contribution in [2.24, 2.45) is 10.9 Å². The maximum atomic E-state index is 4.32. The van der Waals surface area contributed by atoms with Crippen molar-refractivity contribution in [3.05, 3.63) is 30.2 Å². The van der Waals surface area contributed by atoms with Crippen molar-refractivity contribution in [3.63, 3.8) is 0 Å². The highest BCUT2D eigenvalue weighted by atomic mass is 127. The van der Waals surface area contributed by atoms with Crippen molar-refractivity contribution < 1.29 is 0 Å². The zero-order chi connectivity index (χ0) is 17.5. The van der Waals surface area contributed by atoms with Crippen molar-refractivity contribution in [1.82, 2.24) is 30.1 Å². The van der Waals surface area contributed by atoms with E-state index in [1.54, 1.807) is 7.05 Å². The number of aromatic nitrogens is 3. The van der Waals surface area contributed by atoms with Crippen LogP contribution in [0, 0.1) is 5.92 Å². The smallest absolute Gasteiger partial charge is 0.191 e. The minimum atomic E-state index is 0. The Morgan fingerprint density at radius 1 is 1.23 bits per heavy atom. The van der Waals surface area contributed by atoms with Gasteiger partial charge in [0.05, 0.1) is 6.54 Å². The lowest BCUT2D eigenvalue weighted by atomic mass is 9.97. The Morgan fingerprint density at radius 2 is 2.04 bits per heavy atom. The van der Waals surface area contributed by atoms with Crippen LogP contribution in [-0.2, 0) is 6.54 Å². The van der Waals surface area contributed by atoms with E-state index in [2.05, 4.69) is 37.6 Å². The van der Waals surface area contributed by atoms with Crippen LogP contribution in [0.2, 0.25) is 0 Å². The third kappa shape index (κ3) is 5.54. The average molecular weight is 471 g/mol. The molecule has 1 aliphatic rings. The van der Waals surface area contributed by atoms with E-state index < -0.39 is 0 Å². The lowest BCUT2D eigenvalue weighted by molar-refractivity contribution is 0.185. The molecular weight excluding hydrogens is 441 g/mol. The van der Waals surface area contributed by atoms with Crippen LogP contribution in [0.25, 0.3) is 5.65 Å². The predicted molar refractivity (Wildman–Crippen MR) is 116 cm³/mol. The number of rotatable bonds is 6. The monoisotopic (exact) mass is 471 g/mol. The number of likely N-dealkylation sites (tertiary alicyclic amines) is 1. The minimum Gasteiger partial charge on any atom is -0.356 e. The number of pyridine rings is 1. The normalized spacial score (nSPS) is 16.5. The molecule has 1 aliphatic heterocycles. The second kappa shape index (κ2) is 10.7. The summed E-state index contributed by atoms with van der Waals surface area (Å²) in [5.41, 5.74) is 0.862. The summed E-state index contributed by atoms with van der Waals surface area (Å²) in [4.78, 5) is 6.89. The van der Waals surface area contributed by atoms with Crippen molar-refractivity contribution in [2.45, 2.75) is 32.7 Å². The molecule has 2 aromatic rings. The number of hydrogen-bond donors (Lipinski definition) is 2. The van der Waals surface area contributed by atoms with E-state index in [4.69, 9.17) is 0 Å². The maximum Gasteiger partial charge on any atom is 0.191 e. The molecule has 0 unspecified atom stereocenters. The lowest BCUT2D eigenvalue weighted by Gasteiger charge is -2.32. The summed E-state index contributed by atoms with van der Waals surface area (Å²) < 4.78 is 1.99. The highest BCUT2D eigenvalue weighted by Crippen LogP contribution is 2.16. The van der Waals surface area contributed by atoms with Crippen LogP contribution < -0.4 is 10.6 Å². The third-order valence-electron chi connectivity index (χ3n) is 4.83. The molecule has 0 saturated carbocycles. The number of halogens is 1. The molecule has 0 atom stereocenters. The molecule has 0 spiro atoms. The van der Waals surface area contributed by atoms with E-state index in [1.165, 1.54) is 38.9 Å². The Balaban J connectivity index is 0.00000243. The van der Waals surface area contributed by atoms with Crippen LogP contribution >= 0.6 is 24.0 Å². The van der Waals surface area contributed by atoms with Crippen LogP contribution in [0.5, 0.6) is 0 Å². The fourth-order valence-corrected chi connectivity index (χ4v) is 3.37. The van der Waals surface area contributed by atoms with Gasteiger partial charge < -0.3 is 15.5 Å². The van der Waals surface area contributed by atoms with Gasteiger partial charge >= 0.3 is 0 Å². The van der Waals surface area contributed by atoms with Crippen LogP contribution in [0.15, 0.2) is 29.4 Å². The first-order valence-corrected chi connectivity index (χ1v) is 9.25. The molecule has 3 heterocycles. The number of aliphatic imine (C=N–C) groups is 1. The van der Waals surface area contributed by atoms with E-state index in [1.807, 2.05) is 28.8 Å². The van der Waals surface area contributed by atoms with Gasteiger partial charge in [-0.3, -0.25) is 9.39 Å². The molecule has 0 aromatic carbocycles. The van der Waals surface area contributed by atoms with E-state index in [0.717, 1.165) is 29.9 Å². The Morgan fingerprint density at radius 3 is 2.77 bits per heavy atom. The number of nitrogens with one attached hydrogen (secondary N) is 2. The molecular formula is C18H30IN7. The first kappa shape index (κ1) is 20.9. The quantitative estimate of drug-likeness (QED) is 0.384. The Kier molecular flexibility index (Phi) is 8.56. The Bertz CT molecular complexity index is 692. The number of guanidine groups is 1. The van der Waals surface area contributed by atoms with Crippen LogP contribution in [-0.4, -0.2) is 58.7 Å². The second-order valence-electron chi connectivity index (χ2n) is 6.64. The molecule has 2 N–H and O–H groups in total. The number of fused-ring (bicyclic) bond motifs is 1. The van der Waals surface area contributed by atoms with Gasteiger partial charge in [0.25, 0.3) is 0 Å². The third-order valence-corrected chi connectivity index (χ3v) is 4.83. The molecule has 1 fully saturated rings. The molecule has 7 nitrogen and oxygen atoms in total. The van der Waals surface area contributed by atoms with Gasteiger partial charge in [0.2, 0.25) is 0 Å². The molecule has 1 saturated heterocycles. The largest absolute Gasteiger partial charge is 0.356 e. The Hall–Kier alpha value is -1.42. The van der Waals surface area contributed by atoms with Crippen molar-refractivity contribution in [1.29, 1.82) is 0 Å². The highest BCUT2D eigenvalue weighted by Gasteiger charge is 2.18. The molecule has 8 heteroatoms. The molecule has 0 aliphatic carbocycles. The summed E-state index contributed by atoms with van der Waals surface area (Å²) in [6.45, 7) is 7.49. The zero-order valence-electron chi connectivity index (χ0n) is 15.7. The topological polar surface area (TPSA) is 69.8 Å². The SMILES string of the molecule is CCCN1CCC(CNC(=NC)NCc2nnc3ccccn23)CC1.I. The van der Waals surface area contributed by atoms with Crippen LogP contribution in [0.3, 0.4) is 0 Å². The highest BCUT2D eigenvalue weighted by molar-refractivity contribution is 14.0. The van der Waals surface area contributed by atoms with Gasteiger partial charge in [-0.15, -0.1) is 34.2 Å². The van der Waals surface area contributed by atoms with Crippen molar-refractivity contribution in [3.8, 4) is 0 Å². The number of nitrogens with zero attached hydrogens (tertiary/aromatic N) is 5. The van der Waals surface area contributed by atoms with Gasteiger partial charge in [0.1, 0.15) is 0 Å². The summed E-state index contributed by atoms with van der Waals surface area (Å²) in [6, 6.07) is 5.90. The average Bonchev–Trinajstić information content (AvgIpc) is 3.07. The molecule has 2 aromatic heterocycles. The second-order valence-corrected chi connectivity index (χ2v) is 6.64. The standard InChI is InChI=1S/C18H29N7.HI/c1-3-9-24-11-7-15(8-12-24)13-20-18(19-2)21-14-17-23-22-16-6-4-5-10-25(16)17;/h4-6,10,15H,3,7-9,11-14H2,1-2H3,(H2,19,20,21);1H. The maximum absolute atomic E-state index is 4.32. The molecule has 0 radical (unpaired) electrons. The predicted octanol–water partition coefficient (Wildman–Crippen LogP) is 2.13. The lowest BCUT2D eigenvalue weighted by Crippen LogP contribution is -2.42. The fourth-order valence-electron chi connectivity index (χ4n) is 3.37. The van der Waals surface area contributed by atoms with Crippen LogP contribution in [0.1, 0.15) is 32.0 Å². The van der Waals surface area contributed by atoms with E-state index in [0.29, 0.717) is 6.54 Å². The first-order valence-electron chi connectivity index (χ1n) is 9.25. The van der Waals surface area contributed by atoms with Gasteiger partial charge in [-0.05, 0) is 56.9 Å². The number of hydrogen-bond acceptors (Lipinski definition) is 4. The van der Waals surface area contributed by atoms with Crippen molar-refractivity contribution in [2.75, 3.05) is 33.2 Å². The molecule has 0 amide bonds. The molecule has 3 rings (SSSR count). The number of piperidine rings is 1. The van der Waals surface area contributed by atoms with Gasteiger partial charge in [-0.2, -0.15) is 0 Å².